The van der Waals surface area contributed by atoms with Crippen molar-refractivity contribution in [3.63, 3.8) is 0 Å². The Morgan fingerprint density at radius 1 is 1.47 bits per heavy atom. The fourth-order valence-electron chi connectivity index (χ4n) is 1.92. The van der Waals surface area contributed by atoms with Gasteiger partial charge >= 0.3 is 5.97 Å². The second-order valence-electron chi connectivity index (χ2n) is 4.40. The van der Waals surface area contributed by atoms with E-state index >= 15 is 0 Å². The van der Waals surface area contributed by atoms with Crippen LogP contribution in [0.4, 0.5) is 5.69 Å². The van der Waals surface area contributed by atoms with Gasteiger partial charge in [-0.25, -0.2) is 4.79 Å². The number of hydrogen-bond donors (Lipinski definition) is 2. The van der Waals surface area contributed by atoms with E-state index in [1.165, 1.54) is 22.7 Å². The number of aromatic carboxylic acids is 1. The number of thiophene rings is 2. The SMILES string of the molecule is COc1csc(-c2sc(C(=O)O)c(N)c2C(C)C)c1. The molecule has 3 N–H and O–H groups in total. The highest BCUT2D eigenvalue weighted by Crippen LogP contribution is 2.45. The quantitative estimate of drug-likeness (QED) is 0.898. The van der Waals surface area contributed by atoms with Crippen molar-refractivity contribution in [1.29, 1.82) is 0 Å². The normalized spacial score (nSPS) is 10.9. The fourth-order valence-corrected chi connectivity index (χ4v) is 4.12. The van der Waals surface area contributed by atoms with Crippen molar-refractivity contribution < 1.29 is 14.6 Å². The Balaban J connectivity index is 2.61. The summed E-state index contributed by atoms with van der Waals surface area (Å²) >= 11 is 2.76. The standard InChI is InChI=1S/C13H15NO3S2/c1-6(2)9-10(14)12(13(15)16)19-11(9)8-4-7(17-3)5-18-8/h4-6H,14H2,1-3H3,(H,15,16). The van der Waals surface area contributed by atoms with Gasteiger partial charge in [-0.2, -0.15) is 0 Å². The molecule has 19 heavy (non-hydrogen) atoms. The van der Waals surface area contributed by atoms with E-state index < -0.39 is 5.97 Å². The highest BCUT2D eigenvalue weighted by atomic mass is 32.1. The molecule has 102 valence electrons. The Morgan fingerprint density at radius 2 is 2.16 bits per heavy atom. The number of methoxy groups -OCH3 is 1. The summed E-state index contributed by atoms with van der Waals surface area (Å²) in [7, 11) is 1.61. The Labute approximate surface area is 119 Å². The van der Waals surface area contributed by atoms with E-state index in [9.17, 15) is 9.90 Å². The minimum absolute atomic E-state index is 0.174. The van der Waals surface area contributed by atoms with Crippen LogP contribution in [0.3, 0.4) is 0 Å². The molecular weight excluding hydrogens is 282 g/mol. The van der Waals surface area contributed by atoms with Gasteiger partial charge in [-0.3, -0.25) is 0 Å². The van der Waals surface area contributed by atoms with E-state index in [1.807, 2.05) is 25.3 Å². The number of nitrogens with two attached hydrogens (primary N) is 1. The number of hydrogen-bond acceptors (Lipinski definition) is 5. The molecule has 2 aromatic rings. The van der Waals surface area contributed by atoms with Crippen molar-refractivity contribution in [2.75, 3.05) is 12.8 Å². The van der Waals surface area contributed by atoms with E-state index in [1.54, 1.807) is 7.11 Å². The number of ether oxygens (including phenoxy) is 1. The van der Waals surface area contributed by atoms with Crippen molar-refractivity contribution in [3.05, 3.63) is 21.9 Å². The van der Waals surface area contributed by atoms with Crippen molar-refractivity contribution in [3.8, 4) is 15.5 Å². The third-order valence-corrected chi connectivity index (χ3v) is 5.09. The molecule has 0 amide bonds. The summed E-state index contributed by atoms with van der Waals surface area (Å²) < 4.78 is 5.17. The predicted octanol–water partition coefficient (Wildman–Crippen LogP) is 3.89. The van der Waals surface area contributed by atoms with Gasteiger partial charge in [-0.15, -0.1) is 22.7 Å². The lowest BCUT2D eigenvalue weighted by Gasteiger charge is -2.07. The molecule has 0 unspecified atom stereocenters. The molecule has 2 heterocycles. The second kappa shape index (κ2) is 5.22. The van der Waals surface area contributed by atoms with Gasteiger partial charge in [0.05, 0.1) is 17.7 Å². The largest absolute Gasteiger partial charge is 0.496 e. The van der Waals surface area contributed by atoms with Gasteiger partial charge in [0.15, 0.2) is 0 Å². The summed E-state index contributed by atoms with van der Waals surface area (Å²) in [5.74, 6) is -0.0230. The van der Waals surface area contributed by atoms with E-state index in [-0.39, 0.29) is 10.8 Å². The minimum Gasteiger partial charge on any atom is -0.496 e. The van der Waals surface area contributed by atoms with Crippen molar-refractivity contribution >= 4 is 34.3 Å². The maximum atomic E-state index is 11.2. The molecule has 0 saturated carbocycles. The van der Waals surface area contributed by atoms with Gasteiger partial charge in [-0.1, -0.05) is 13.8 Å². The number of carboxylic acid groups (broad SMARTS) is 1. The van der Waals surface area contributed by atoms with E-state index in [4.69, 9.17) is 10.5 Å². The molecule has 0 aromatic carbocycles. The highest BCUT2D eigenvalue weighted by Gasteiger charge is 2.24. The van der Waals surface area contributed by atoms with Gasteiger partial charge in [-0.05, 0) is 17.5 Å². The maximum Gasteiger partial charge on any atom is 0.348 e. The molecule has 0 bridgehead atoms. The predicted molar refractivity (Wildman–Crippen MR) is 79.6 cm³/mol. The maximum absolute atomic E-state index is 11.2. The third kappa shape index (κ3) is 2.46. The molecule has 6 heteroatoms. The molecule has 0 aliphatic carbocycles. The average molecular weight is 297 g/mol. The lowest BCUT2D eigenvalue weighted by atomic mass is 10.0. The first kappa shape index (κ1) is 13.9. The molecule has 0 aliphatic heterocycles. The number of carboxylic acids is 1. The lowest BCUT2D eigenvalue weighted by molar-refractivity contribution is 0.0703. The molecule has 4 nitrogen and oxygen atoms in total. The summed E-state index contributed by atoms with van der Waals surface area (Å²) in [5, 5.41) is 11.1. The molecule has 0 aliphatic rings. The molecule has 0 atom stereocenters. The average Bonchev–Trinajstić information content (AvgIpc) is 2.92. The van der Waals surface area contributed by atoms with Gasteiger partial charge in [0.2, 0.25) is 0 Å². The zero-order valence-corrected chi connectivity index (χ0v) is 12.5. The molecule has 0 spiro atoms. The van der Waals surface area contributed by atoms with Crippen molar-refractivity contribution in [2.45, 2.75) is 19.8 Å². The zero-order valence-electron chi connectivity index (χ0n) is 10.9. The Bertz CT molecular complexity index is 613. The first-order chi connectivity index (χ1) is 8.95. The summed E-state index contributed by atoms with van der Waals surface area (Å²) in [6.07, 6.45) is 0. The third-order valence-electron chi connectivity index (χ3n) is 2.79. The van der Waals surface area contributed by atoms with Crippen LogP contribution in [0.25, 0.3) is 9.75 Å². The van der Waals surface area contributed by atoms with Crippen LogP contribution in [-0.2, 0) is 0 Å². The first-order valence-corrected chi connectivity index (χ1v) is 7.43. The molecule has 0 fully saturated rings. The number of anilines is 1. The van der Waals surface area contributed by atoms with Crippen LogP contribution in [0.1, 0.15) is 35.0 Å². The topological polar surface area (TPSA) is 72.5 Å². The van der Waals surface area contributed by atoms with Crippen LogP contribution in [0.2, 0.25) is 0 Å². The molecule has 2 rings (SSSR count). The van der Waals surface area contributed by atoms with Crippen LogP contribution < -0.4 is 10.5 Å². The highest BCUT2D eigenvalue weighted by molar-refractivity contribution is 7.23. The molecular formula is C13H15NO3S2. The summed E-state index contributed by atoms with van der Waals surface area (Å²) in [6, 6.07) is 1.91. The van der Waals surface area contributed by atoms with Crippen LogP contribution in [0.5, 0.6) is 5.75 Å². The van der Waals surface area contributed by atoms with Crippen LogP contribution in [0, 0.1) is 0 Å². The van der Waals surface area contributed by atoms with Gasteiger partial charge < -0.3 is 15.6 Å². The number of nitrogen functional groups attached to an aromatic ring is 1. The Morgan fingerprint density at radius 3 is 2.63 bits per heavy atom. The Hall–Kier alpha value is -1.53. The number of carbonyl (C=O) groups is 1. The number of rotatable bonds is 4. The van der Waals surface area contributed by atoms with E-state index in [0.29, 0.717) is 5.69 Å². The summed E-state index contributed by atoms with van der Waals surface area (Å²) in [5.41, 5.74) is 7.28. The molecule has 0 radical (unpaired) electrons. The van der Waals surface area contributed by atoms with E-state index in [0.717, 1.165) is 21.1 Å². The van der Waals surface area contributed by atoms with Crippen LogP contribution in [0.15, 0.2) is 11.4 Å². The van der Waals surface area contributed by atoms with Gasteiger partial charge in [0.1, 0.15) is 10.6 Å². The molecule has 0 saturated heterocycles. The van der Waals surface area contributed by atoms with E-state index in [2.05, 4.69) is 0 Å². The van der Waals surface area contributed by atoms with Crippen molar-refractivity contribution in [1.82, 2.24) is 0 Å². The van der Waals surface area contributed by atoms with Crippen LogP contribution in [-0.4, -0.2) is 18.2 Å². The van der Waals surface area contributed by atoms with Crippen LogP contribution >= 0.6 is 22.7 Å². The summed E-state index contributed by atoms with van der Waals surface area (Å²) in [6.45, 7) is 4.02. The summed E-state index contributed by atoms with van der Waals surface area (Å²) in [4.78, 5) is 13.3. The zero-order chi connectivity index (χ0) is 14.2. The smallest absolute Gasteiger partial charge is 0.348 e. The molecule has 2 aromatic heterocycles. The van der Waals surface area contributed by atoms with Gasteiger partial charge in [0.25, 0.3) is 0 Å². The van der Waals surface area contributed by atoms with Gasteiger partial charge in [0, 0.05) is 10.3 Å². The fraction of sp³-hybridized carbons (Fsp3) is 0.308. The minimum atomic E-state index is -0.973. The monoisotopic (exact) mass is 297 g/mol. The lowest BCUT2D eigenvalue weighted by Crippen LogP contribution is -2.00. The second-order valence-corrected chi connectivity index (χ2v) is 6.33. The first-order valence-electron chi connectivity index (χ1n) is 5.74. The van der Waals surface area contributed by atoms with Crippen molar-refractivity contribution in [2.24, 2.45) is 0 Å². The Kier molecular flexibility index (Phi) is 3.82.